The lowest BCUT2D eigenvalue weighted by Gasteiger charge is -2.35. The summed E-state index contributed by atoms with van der Waals surface area (Å²) < 4.78 is 0. The first kappa shape index (κ1) is 12.5. The number of terminal acetylenes is 1. The normalized spacial score (nSPS) is 24.7. The fraction of sp³-hybridized carbons (Fsp3) is 0.846. The minimum atomic E-state index is 0.556. The number of hydrogen-bond donors (Lipinski definition) is 1. The number of piperidine rings is 1. The topological polar surface area (TPSA) is 15.3 Å². The molecule has 0 aromatic rings. The molecule has 1 aliphatic heterocycles. The van der Waals surface area contributed by atoms with Crippen molar-refractivity contribution < 1.29 is 0 Å². The van der Waals surface area contributed by atoms with Crippen LogP contribution in [-0.4, -0.2) is 37.1 Å². The Morgan fingerprint density at radius 2 is 2.40 bits per heavy atom. The van der Waals surface area contributed by atoms with E-state index in [-0.39, 0.29) is 0 Å². The van der Waals surface area contributed by atoms with Gasteiger partial charge >= 0.3 is 0 Å². The summed E-state index contributed by atoms with van der Waals surface area (Å²) in [5.74, 6) is 3.43. The number of likely N-dealkylation sites (tertiary alicyclic amines) is 1. The average molecular weight is 208 g/mol. The lowest BCUT2D eigenvalue weighted by atomic mass is 9.91. The highest BCUT2D eigenvalue weighted by atomic mass is 15.1. The summed E-state index contributed by atoms with van der Waals surface area (Å²) in [5.41, 5.74) is 0. The average Bonchev–Trinajstić information content (AvgIpc) is 2.27. The third kappa shape index (κ3) is 4.24. The molecule has 2 heteroatoms. The van der Waals surface area contributed by atoms with E-state index in [0.717, 1.165) is 5.92 Å². The lowest BCUT2D eigenvalue weighted by molar-refractivity contribution is 0.152. The number of nitrogens with one attached hydrogen (secondary N) is 1. The largest absolute Gasteiger partial charge is 0.303 e. The Labute approximate surface area is 94.4 Å². The SMILES string of the molecule is C#CCNC(C)C1CCCN(CCC)C1. The van der Waals surface area contributed by atoms with Crippen molar-refractivity contribution >= 4 is 0 Å². The molecule has 1 saturated heterocycles. The molecule has 1 heterocycles. The summed E-state index contributed by atoms with van der Waals surface area (Å²) in [6.45, 7) is 8.99. The molecule has 1 rings (SSSR count). The highest BCUT2D eigenvalue weighted by Crippen LogP contribution is 2.19. The van der Waals surface area contributed by atoms with Gasteiger partial charge in [0.15, 0.2) is 0 Å². The van der Waals surface area contributed by atoms with Crippen LogP contribution in [0.3, 0.4) is 0 Å². The van der Waals surface area contributed by atoms with Gasteiger partial charge in [-0.1, -0.05) is 12.8 Å². The maximum absolute atomic E-state index is 5.26. The van der Waals surface area contributed by atoms with E-state index in [0.29, 0.717) is 12.6 Å². The van der Waals surface area contributed by atoms with Crippen LogP contribution in [0.2, 0.25) is 0 Å². The molecule has 0 bridgehead atoms. The zero-order chi connectivity index (χ0) is 11.1. The van der Waals surface area contributed by atoms with Gasteiger partial charge in [0.25, 0.3) is 0 Å². The molecule has 0 aliphatic carbocycles. The van der Waals surface area contributed by atoms with Gasteiger partial charge in [-0.05, 0) is 45.2 Å². The van der Waals surface area contributed by atoms with E-state index in [9.17, 15) is 0 Å². The molecule has 0 aromatic carbocycles. The van der Waals surface area contributed by atoms with Gasteiger partial charge in [0.05, 0.1) is 6.54 Å². The fourth-order valence-corrected chi connectivity index (χ4v) is 2.41. The van der Waals surface area contributed by atoms with E-state index in [4.69, 9.17) is 6.42 Å². The van der Waals surface area contributed by atoms with Crippen LogP contribution in [0, 0.1) is 18.3 Å². The Hall–Kier alpha value is -0.520. The molecule has 0 radical (unpaired) electrons. The van der Waals surface area contributed by atoms with Crippen molar-refractivity contribution in [2.75, 3.05) is 26.2 Å². The second-order valence-corrected chi connectivity index (χ2v) is 4.58. The number of nitrogens with zero attached hydrogens (tertiary/aromatic N) is 1. The molecule has 2 atom stereocenters. The highest BCUT2D eigenvalue weighted by Gasteiger charge is 2.23. The van der Waals surface area contributed by atoms with Crippen molar-refractivity contribution in [2.45, 2.75) is 39.2 Å². The summed E-state index contributed by atoms with van der Waals surface area (Å²) in [6, 6.07) is 0.556. The first-order valence-electron chi connectivity index (χ1n) is 6.17. The third-order valence-corrected chi connectivity index (χ3v) is 3.32. The summed E-state index contributed by atoms with van der Waals surface area (Å²) in [6.07, 6.45) is 9.21. The van der Waals surface area contributed by atoms with Gasteiger partial charge in [0.2, 0.25) is 0 Å². The van der Waals surface area contributed by atoms with Crippen LogP contribution in [0.25, 0.3) is 0 Å². The van der Waals surface area contributed by atoms with Crippen molar-refractivity contribution in [3.63, 3.8) is 0 Å². The number of hydrogen-bond acceptors (Lipinski definition) is 2. The second kappa shape index (κ2) is 6.87. The van der Waals surface area contributed by atoms with Crippen LogP contribution in [0.1, 0.15) is 33.1 Å². The molecular formula is C13H24N2. The molecule has 15 heavy (non-hydrogen) atoms. The van der Waals surface area contributed by atoms with Crippen molar-refractivity contribution in [3.8, 4) is 12.3 Å². The molecule has 1 fully saturated rings. The predicted octanol–water partition coefficient (Wildman–Crippen LogP) is 1.72. The minimum absolute atomic E-state index is 0.556. The van der Waals surface area contributed by atoms with E-state index in [1.54, 1.807) is 0 Å². The first-order chi connectivity index (χ1) is 7.27. The summed E-state index contributed by atoms with van der Waals surface area (Å²) in [5, 5.41) is 3.40. The monoisotopic (exact) mass is 208 g/mol. The Bertz CT molecular complexity index is 205. The maximum Gasteiger partial charge on any atom is 0.0575 e. The molecule has 0 saturated carbocycles. The van der Waals surface area contributed by atoms with E-state index in [1.807, 2.05) is 0 Å². The van der Waals surface area contributed by atoms with Crippen LogP contribution in [-0.2, 0) is 0 Å². The van der Waals surface area contributed by atoms with Crippen LogP contribution in [0.5, 0.6) is 0 Å². The van der Waals surface area contributed by atoms with Gasteiger partial charge < -0.3 is 10.2 Å². The van der Waals surface area contributed by atoms with Gasteiger partial charge in [-0.3, -0.25) is 0 Å². The van der Waals surface area contributed by atoms with E-state index in [2.05, 4.69) is 30.0 Å². The fourth-order valence-electron chi connectivity index (χ4n) is 2.41. The van der Waals surface area contributed by atoms with Crippen LogP contribution in [0.4, 0.5) is 0 Å². The molecule has 1 aliphatic rings. The Morgan fingerprint density at radius 3 is 3.07 bits per heavy atom. The van der Waals surface area contributed by atoms with Gasteiger partial charge in [0.1, 0.15) is 0 Å². The van der Waals surface area contributed by atoms with Gasteiger partial charge in [-0.15, -0.1) is 6.42 Å². The van der Waals surface area contributed by atoms with Crippen molar-refractivity contribution in [2.24, 2.45) is 5.92 Å². The summed E-state index contributed by atoms with van der Waals surface area (Å²) in [4.78, 5) is 2.59. The predicted molar refractivity (Wildman–Crippen MR) is 65.8 cm³/mol. The van der Waals surface area contributed by atoms with Gasteiger partial charge in [-0.25, -0.2) is 0 Å². The Kier molecular flexibility index (Phi) is 5.75. The Morgan fingerprint density at radius 1 is 1.60 bits per heavy atom. The van der Waals surface area contributed by atoms with Crippen LogP contribution in [0.15, 0.2) is 0 Å². The Balaban J connectivity index is 2.31. The van der Waals surface area contributed by atoms with Crippen molar-refractivity contribution in [1.29, 1.82) is 0 Å². The summed E-state index contributed by atoms with van der Waals surface area (Å²) >= 11 is 0. The van der Waals surface area contributed by atoms with Crippen molar-refractivity contribution in [1.82, 2.24) is 10.2 Å². The highest BCUT2D eigenvalue weighted by molar-refractivity contribution is 4.89. The third-order valence-electron chi connectivity index (χ3n) is 3.32. The summed E-state index contributed by atoms with van der Waals surface area (Å²) in [7, 11) is 0. The van der Waals surface area contributed by atoms with Crippen LogP contribution < -0.4 is 5.32 Å². The molecule has 1 N–H and O–H groups in total. The smallest absolute Gasteiger partial charge is 0.0575 e. The molecule has 0 aromatic heterocycles. The molecule has 0 spiro atoms. The molecular weight excluding hydrogens is 184 g/mol. The second-order valence-electron chi connectivity index (χ2n) is 4.58. The molecule has 0 amide bonds. The van der Waals surface area contributed by atoms with Crippen molar-refractivity contribution in [3.05, 3.63) is 0 Å². The van der Waals surface area contributed by atoms with Gasteiger partial charge in [0, 0.05) is 12.6 Å². The minimum Gasteiger partial charge on any atom is -0.303 e. The van der Waals surface area contributed by atoms with Gasteiger partial charge in [-0.2, -0.15) is 0 Å². The lowest BCUT2D eigenvalue weighted by Crippen LogP contribution is -2.44. The van der Waals surface area contributed by atoms with E-state index in [1.165, 1.54) is 38.9 Å². The zero-order valence-electron chi connectivity index (χ0n) is 10.1. The first-order valence-corrected chi connectivity index (χ1v) is 6.17. The molecule has 2 unspecified atom stereocenters. The van der Waals surface area contributed by atoms with E-state index < -0.39 is 0 Å². The molecule has 2 nitrogen and oxygen atoms in total. The quantitative estimate of drug-likeness (QED) is 0.692. The zero-order valence-corrected chi connectivity index (χ0v) is 10.1. The number of rotatable bonds is 5. The van der Waals surface area contributed by atoms with E-state index >= 15 is 0 Å². The standard InChI is InChI=1S/C13H24N2/c1-4-8-14-12(3)13-7-6-10-15(11-13)9-5-2/h1,12-14H,5-11H2,2-3H3. The maximum atomic E-state index is 5.26. The van der Waals surface area contributed by atoms with Crippen LogP contribution >= 0.6 is 0 Å². The molecule has 86 valence electrons.